The molecule has 0 amide bonds. The zero-order chi connectivity index (χ0) is 39.6. The smallest absolute Gasteiger partial charge is 0.00206 e. The fraction of sp³-hybridized carbons (Fsp3) is 0. The van der Waals surface area contributed by atoms with Crippen LogP contribution in [0.5, 0.6) is 0 Å². The summed E-state index contributed by atoms with van der Waals surface area (Å²) in [6.45, 7) is 0. The lowest BCUT2D eigenvalue weighted by Crippen LogP contribution is -1.92. The summed E-state index contributed by atoms with van der Waals surface area (Å²) in [6.07, 6.45) is 0. The third-order valence-electron chi connectivity index (χ3n) is 12.6. The van der Waals surface area contributed by atoms with Gasteiger partial charge >= 0.3 is 0 Å². The van der Waals surface area contributed by atoms with Gasteiger partial charge in [0.2, 0.25) is 0 Å². The SMILES string of the molecule is c1ccc2cc(-c3ccc4cc(-c5cccc6ccccc56)cc(-c5ccc(-c6ccc7ccccc7c6)c6c(-c7ccc8ccccc8c7)cccc56)c4c3)ccc2c1. The number of hydrogen-bond donors (Lipinski definition) is 0. The molecule has 0 aliphatic carbocycles. The highest BCUT2D eigenvalue weighted by Gasteiger charge is 2.19. The van der Waals surface area contributed by atoms with Crippen molar-refractivity contribution >= 4 is 64.6 Å². The molecule has 0 fully saturated rings. The van der Waals surface area contributed by atoms with Gasteiger partial charge < -0.3 is 0 Å². The van der Waals surface area contributed by atoms with E-state index in [1.54, 1.807) is 0 Å². The number of benzene rings is 12. The molecule has 0 atom stereocenters. The first-order valence-electron chi connectivity index (χ1n) is 20.8. The van der Waals surface area contributed by atoms with Crippen molar-refractivity contribution in [2.45, 2.75) is 0 Å². The molecule has 0 aliphatic rings. The molecule has 12 aromatic carbocycles. The maximum Gasteiger partial charge on any atom is -0.00206 e. The van der Waals surface area contributed by atoms with Gasteiger partial charge in [-0.3, -0.25) is 0 Å². The van der Waals surface area contributed by atoms with Crippen LogP contribution in [-0.4, -0.2) is 0 Å². The van der Waals surface area contributed by atoms with Crippen LogP contribution in [0.15, 0.2) is 231 Å². The molecule has 0 saturated carbocycles. The molecule has 0 heterocycles. The molecule has 60 heavy (non-hydrogen) atoms. The standard InChI is InChI=1S/C60H38/c1-4-15-43-33-46(26-23-39(43)11-1)47-27-30-50-36-51(53-20-9-18-42-14-7-8-19-52(42)53)38-59(58(50)37-47)56-32-31-55(49-29-25-41-13-3-6-17-45(41)35-49)60-54(21-10-22-57(56)60)48-28-24-40-12-2-5-16-44(40)34-48/h1-38H. The minimum absolute atomic E-state index is 1.21. The second kappa shape index (κ2) is 13.9. The molecule has 0 saturated heterocycles. The van der Waals surface area contributed by atoms with E-state index in [9.17, 15) is 0 Å². The van der Waals surface area contributed by atoms with Crippen LogP contribution in [0.2, 0.25) is 0 Å². The van der Waals surface area contributed by atoms with Crippen LogP contribution in [0, 0.1) is 0 Å². The summed E-state index contributed by atoms with van der Waals surface area (Å²) in [5, 5.41) is 14.9. The molecule has 0 radical (unpaired) electrons. The van der Waals surface area contributed by atoms with Crippen LogP contribution in [0.25, 0.3) is 120 Å². The van der Waals surface area contributed by atoms with Gasteiger partial charge in [0.25, 0.3) is 0 Å². The molecule has 0 nitrogen and oxygen atoms in total. The first-order valence-corrected chi connectivity index (χ1v) is 20.8. The van der Waals surface area contributed by atoms with Gasteiger partial charge in [0.15, 0.2) is 0 Å². The summed E-state index contributed by atoms with van der Waals surface area (Å²) >= 11 is 0. The molecule has 0 aliphatic heterocycles. The lowest BCUT2D eigenvalue weighted by molar-refractivity contribution is 1.62. The maximum absolute atomic E-state index is 2.45. The van der Waals surface area contributed by atoms with Gasteiger partial charge in [0, 0.05) is 0 Å². The maximum atomic E-state index is 2.45. The third-order valence-corrected chi connectivity index (χ3v) is 12.6. The highest BCUT2D eigenvalue weighted by Crippen LogP contribution is 2.46. The fourth-order valence-corrected chi connectivity index (χ4v) is 9.60. The average molecular weight is 759 g/mol. The summed E-state index contributed by atoms with van der Waals surface area (Å²) < 4.78 is 0. The molecular weight excluding hydrogens is 721 g/mol. The van der Waals surface area contributed by atoms with E-state index >= 15 is 0 Å². The molecule has 0 bridgehead atoms. The molecule has 0 unspecified atom stereocenters. The van der Waals surface area contributed by atoms with E-state index < -0.39 is 0 Å². The Morgan fingerprint density at radius 2 is 0.600 bits per heavy atom. The quantitative estimate of drug-likeness (QED) is 0.164. The third kappa shape index (κ3) is 5.76. The van der Waals surface area contributed by atoms with Gasteiger partial charge in [-0.25, -0.2) is 0 Å². The number of rotatable bonds is 5. The summed E-state index contributed by atoms with van der Waals surface area (Å²) in [5.74, 6) is 0. The second-order valence-corrected chi connectivity index (χ2v) is 16.1. The molecule has 0 aromatic heterocycles. The summed E-state index contributed by atoms with van der Waals surface area (Å²) in [5.41, 5.74) is 12.2. The van der Waals surface area contributed by atoms with Crippen molar-refractivity contribution in [2.75, 3.05) is 0 Å². The fourth-order valence-electron chi connectivity index (χ4n) is 9.60. The van der Waals surface area contributed by atoms with Crippen molar-refractivity contribution in [1.82, 2.24) is 0 Å². The predicted molar refractivity (Wildman–Crippen MR) is 259 cm³/mol. The molecule has 0 N–H and O–H groups in total. The normalized spacial score (nSPS) is 11.7. The van der Waals surface area contributed by atoms with Crippen LogP contribution in [-0.2, 0) is 0 Å². The number of hydrogen-bond acceptors (Lipinski definition) is 0. The average Bonchev–Trinajstić information content (AvgIpc) is 3.32. The highest BCUT2D eigenvalue weighted by atomic mass is 14.2. The second-order valence-electron chi connectivity index (χ2n) is 16.1. The van der Waals surface area contributed by atoms with Crippen LogP contribution in [0.4, 0.5) is 0 Å². The van der Waals surface area contributed by atoms with Crippen LogP contribution in [0.3, 0.4) is 0 Å². The van der Waals surface area contributed by atoms with Gasteiger partial charge in [0.1, 0.15) is 0 Å². The molecule has 0 heteroatoms. The first-order chi connectivity index (χ1) is 29.7. The van der Waals surface area contributed by atoms with Gasteiger partial charge in [-0.1, -0.05) is 194 Å². The zero-order valence-corrected chi connectivity index (χ0v) is 32.9. The van der Waals surface area contributed by atoms with Crippen molar-refractivity contribution in [3.63, 3.8) is 0 Å². The van der Waals surface area contributed by atoms with Gasteiger partial charge in [-0.2, -0.15) is 0 Å². The van der Waals surface area contributed by atoms with E-state index in [1.807, 2.05) is 0 Å². The Balaban J connectivity index is 1.16. The Morgan fingerprint density at radius 3 is 1.27 bits per heavy atom. The lowest BCUT2D eigenvalue weighted by atomic mass is 9.84. The minimum atomic E-state index is 1.21. The Kier molecular flexibility index (Phi) is 7.96. The van der Waals surface area contributed by atoms with E-state index in [0.717, 1.165) is 0 Å². The topological polar surface area (TPSA) is 0 Å². The molecule has 12 rings (SSSR count). The van der Waals surface area contributed by atoms with Crippen molar-refractivity contribution in [3.05, 3.63) is 231 Å². The number of fused-ring (bicyclic) bond motifs is 6. The first kappa shape index (κ1) is 34.3. The zero-order valence-electron chi connectivity index (χ0n) is 32.9. The lowest BCUT2D eigenvalue weighted by Gasteiger charge is -2.19. The van der Waals surface area contributed by atoms with Crippen LogP contribution >= 0.6 is 0 Å². The highest BCUT2D eigenvalue weighted by molar-refractivity contribution is 6.16. The van der Waals surface area contributed by atoms with Crippen LogP contribution in [0.1, 0.15) is 0 Å². The summed E-state index contributed by atoms with van der Waals surface area (Å²) in [7, 11) is 0. The van der Waals surface area contributed by atoms with Crippen molar-refractivity contribution in [2.24, 2.45) is 0 Å². The minimum Gasteiger partial charge on any atom is -0.0616 e. The van der Waals surface area contributed by atoms with Crippen molar-refractivity contribution in [1.29, 1.82) is 0 Å². The Labute approximate surface area is 349 Å². The van der Waals surface area contributed by atoms with Gasteiger partial charge in [-0.15, -0.1) is 0 Å². The van der Waals surface area contributed by atoms with E-state index in [-0.39, 0.29) is 0 Å². The Morgan fingerprint density at radius 1 is 0.167 bits per heavy atom. The van der Waals surface area contributed by atoms with Gasteiger partial charge in [-0.05, 0) is 157 Å². The van der Waals surface area contributed by atoms with Crippen molar-refractivity contribution < 1.29 is 0 Å². The largest absolute Gasteiger partial charge is 0.0616 e. The van der Waals surface area contributed by atoms with E-state index in [1.165, 1.54) is 120 Å². The van der Waals surface area contributed by atoms with Gasteiger partial charge in [0.05, 0.1) is 0 Å². The molecule has 278 valence electrons. The molecular formula is C60H38. The van der Waals surface area contributed by atoms with Crippen molar-refractivity contribution in [3.8, 4) is 55.6 Å². The van der Waals surface area contributed by atoms with E-state index in [4.69, 9.17) is 0 Å². The predicted octanol–water partition coefficient (Wildman–Crippen LogP) is 16.9. The summed E-state index contributed by atoms with van der Waals surface area (Å²) in [6, 6.07) is 85.5. The molecule has 12 aromatic rings. The van der Waals surface area contributed by atoms with E-state index in [0.29, 0.717) is 0 Å². The Hall–Kier alpha value is -7.80. The summed E-state index contributed by atoms with van der Waals surface area (Å²) in [4.78, 5) is 0. The van der Waals surface area contributed by atoms with Crippen LogP contribution < -0.4 is 0 Å². The van der Waals surface area contributed by atoms with E-state index in [2.05, 4.69) is 231 Å². The monoisotopic (exact) mass is 758 g/mol. The Bertz CT molecular complexity index is 3570. The molecule has 0 spiro atoms.